The van der Waals surface area contributed by atoms with E-state index in [2.05, 4.69) is 68.3 Å². The number of hydrogen-bond donors (Lipinski definition) is 1. The minimum Gasteiger partial charge on any atom is -0.485 e. The summed E-state index contributed by atoms with van der Waals surface area (Å²) in [5.41, 5.74) is 3.53. The van der Waals surface area contributed by atoms with Crippen LogP contribution in [0.1, 0.15) is 52.3 Å². The van der Waals surface area contributed by atoms with Gasteiger partial charge in [0.1, 0.15) is 13.2 Å². The van der Waals surface area contributed by atoms with E-state index in [4.69, 9.17) is 9.47 Å². The van der Waals surface area contributed by atoms with Gasteiger partial charge in [0, 0.05) is 11.6 Å². The Labute approximate surface area is 176 Å². The van der Waals surface area contributed by atoms with Gasteiger partial charge in [0.2, 0.25) is 0 Å². The number of ether oxygens (including phenoxy) is 2. The zero-order chi connectivity index (χ0) is 21.1. The second kappa shape index (κ2) is 11.4. The lowest BCUT2D eigenvalue weighted by Crippen LogP contribution is -2.04. The van der Waals surface area contributed by atoms with Gasteiger partial charge in [0.05, 0.1) is 5.69 Å². The molecule has 2 aromatic rings. The predicted octanol–water partition coefficient (Wildman–Crippen LogP) is 7.03. The molecule has 1 heterocycles. The van der Waals surface area contributed by atoms with Crippen LogP contribution in [0.2, 0.25) is 0 Å². The van der Waals surface area contributed by atoms with Crippen molar-refractivity contribution in [3.05, 3.63) is 83.7 Å². The van der Waals surface area contributed by atoms with Crippen LogP contribution >= 0.6 is 0 Å². The van der Waals surface area contributed by atoms with Crippen LogP contribution < -0.4 is 9.47 Å². The molecule has 1 aliphatic carbocycles. The molecular weight excluding hydrogens is 358 g/mol. The molecule has 0 aliphatic heterocycles. The average Bonchev–Trinajstić information content (AvgIpc) is 3.18. The van der Waals surface area contributed by atoms with Gasteiger partial charge in [-0.3, -0.25) is 0 Å². The number of allylic oxidation sites excluding steroid dienone is 4. The van der Waals surface area contributed by atoms with Crippen molar-refractivity contribution in [2.45, 2.75) is 54.1 Å². The van der Waals surface area contributed by atoms with Crippen molar-refractivity contribution < 1.29 is 9.47 Å². The molecular formula is C26H35NO2. The quantitative estimate of drug-likeness (QED) is 0.522. The van der Waals surface area contributed by atoms with Crippen molar-refractivity contribution in [2.24, 2.45) is 5.41 Å². The Balaban J connectivity index is 0.00000145. The summed E-state index contributed by atoms with van der Waals surface area (Å²) < 4.78 is 12.2. The maximum absolute atomic E-state index is 6.11. The van der Waals surface area contributed by atoms with Crippen LogP contribution in [0.4, 0.5) is 0 Å². The molecule has 0 fully saturated rings. The summed E-state index contributed by atoms with van der Waals surface area (Å²) in [4.78, 5) is 3.17. The maximum atomic E-state index is 6.11. The third-order valence-electron chi connectivity index (χ3n) is 4.55. The number of aromatic amines is 1. The fraction of sp³-hybridized carbons (Fsp3) is 0.385. The van der Waals surface area contributed by atoms with Crippen LogP contribution in [0.25, 0.3) is 0 Å². The van der Waals surface area contributed by atoms with E-state index >= 15 is 0 Å². The topological polar surface area (TPSA) is 34.2 Å². The Hall–Kier alpha value is -2.68. The van der Waals surface area contributed by atoms with Crippen molar-refractivity contribution in [1.29, 1.82) is 0 Å². The largest absolute Gasteiger partial charge is 0.485 e. The van der Waals surface area contributed by atoms with E-state index in [0.29, 0.717) is 13.2 Å². The van der Waals surface area contributed by atoms with Crippen LogP contribution in [0.15, 0.2) is 72.5 Å². The number of H-pyrrole nitrogens is 1. The minimum absolute atomic E-state index is 0.0738. The maximum Gasteiger partial charge on any atom is 0.162 e. The van der Waals surface area contributed by atoms with Crippen molar-refractivity contribution in [1.82, 2.24) is 4.98 Å². The SMILES string of the molecule is CC.CCCc1ccc(OCC2=CC=CC(C)(C)C=C2)c(OCc2ccc[nH]2)c1. The smallest absolute Gasteiger partial charge is 0.162 e. The standard InChI is InChI=1S/C24H29NO2.C2H6/c1-4-7-19-10-11-22(23(16-19)27-18-21-9-6-15-25-21)26-17-20-8-5-13-24(2,3)14-12-20;1-2/h5-6,8-16,25H,4,7,17-18H2,1-3H3;1-2H3. The zero-order valence-electron chi connectivity index (χ0n) is 18.5. The molecule has 156 valence electrons. The molecule has 0 saturated carbocycles. The van der Waals surface area contributed by atoms with Gasteiger partial charge >= 0.3 is 0 Å². The molecule has 3 rings (SSSR count). The van der Waals surface area contributed by atoms with Gasteiger partial charge in [0.25, 0.3) is 0 Å². The molecule has 0 radical (unpaired) electrons. The van der Waals surface area contributed by atoms with Gasteiger partial charge in [0.15, 0.2) is 11.5 Å². The summed E-state index contributed by atoms with van der Waals surface area (Å²) >= 11 is 0. The summed E-state index contributed by atoms with van der Waals surface area (Å²) in [7, 11) is 0. The van der Waals surface area contributed by atoms with Gasteiger partial charge in [-0.15, -0.1) is 0 Å². The molecule has 1 aliphatic rings. The Kier molecular flexibility index (Phi) is 8.85. The highest BCUT2D eigenvalue weighted by Crippen LogP contribution is 2.30. The Morgan fingerprint density at radius 3 is 2.48 bits per heavy atom. The van der Waals surface area contributed by atoms with E-state index in [1.54, 1.807) is 0 Å². The van der Waals surface area contributed by atoms with E-state index < -0.39 is 0 Å². The molecule has 0 saturated heterocycles. The van der Waals surface area contributed by atoms with Crippen LogP contribution in [0.3, 0.4) is 0 Å². The fourth-order valence-corrected chi connectivity index (χ4v) is 2.95. The first kappa shape index (κ1) is 22.6. The van der Waals surface area contributed by atoms with E-state index in [-0.39, 0.29) is 5.41 Å². The molecule has 1 aromatic carbocycles. The first-order valence-electron chi connectivity index (χ1n) is 10.6. The lowest BCUT2D eigenvalue weighted by molar-refractivity contribution is 0.270. The monoisotopic (exact) mass is 393 g/mol. The van der Waals surface area contributed by atoms with Crippen LogP contribution in [0.5, 0.6) is 11.5 Å². The Morgan fingerprint density at radius 1 is 0.966 bits per heavy atom. The zero-order valence-corrected chi connectivity index (χ0v) is 18.5. The first-order valence-corrected chi connectivity index (χ1v) is 10.6. The van der Waals surface area contributed by atoms with Crippen molar-refractivity contribution in [3.63, 3.8) is 0 Å². The van der Waals surface area contributed by atoms with Crippen LogP contribution in [-0.2, 0) is 13.0 Å². The lowest BCUT2D eigenvalue weighted by Gasteiger charge is -2.15. The Morgan fingerprint density at radius 2 is 1.76 bits per heavy atom. The van der Waals surface area contributed by atoms with Crippen LogP contribution in [0, 0.1) is 5.41 Å². The lowest BCUT2D eigenvalue weighted by atomic mass is 9.93. The van der Waals surface area contributed by atoms with Gasteiger partial charge in [-0.1, -0.05) is 77.5 Å². The molecule has 0 unspecified atom stereocenters. The fourth-order valence-electron chi connectivity index (χ4n) is 2.95. The summed E-state index contributed by atoms with van der Waals surface area (Å²) in [6, 6.07) is 10.2. The molecule has 0 spiro atoms. The summed E-state index contributed by atoms with van der Waals surface area (Å²) in [6.45, 7) is 11.6. The van der Waals surface area contributed by atoms with Gasteiger partial charge in [-0.05, 0) is 41.8 Å². The molecule has 1 aromatic heterocycles. The van der Waals surface area contributed by atoms with E-state index in [9.17, 15) is 0 Å². The molecule has 0 atom stereocenters. The number of hydrogen-bond acceptors (Lipinski definition) is 2. The van der Waals surface area contributed by atoms with Gasteiger partial charge < -0.3 is 14.5 Å². The number of aromatic nitrogens is 1. The van der Waals surface area contributed by atoms with Crippen molar-refractivity contribution in [2.75, 3.05) is 6.61 Å². The van der Waals surface area contributed by atoms with E-state index in [0.717, 1.165) is 35.6 Å². The molecule has 0 amide bonds. The first-order chi connectivity index (χ1) is 14.1. The summed E-state index contributed by atoms with van der Waals surface area (Å²) in [5, 5.41) is 0. The molecule has 29 heavy (non-hydrogen) atoms. The highest BCUT2D eigenvalue weighted by molar-refractivity contribution is 5.44. The average molecular weight is 394 g/mol. The van der Waals surface area contributed by atoms with E-state index in [1.165, 1.54) is 5.56 Å². The Bertz CT molecular complexity index is 826. The number of aryl methyl sites for hydroxylation is 1. The second-order valence-electron chi connectivity index (χ2n) is 7.56. The second-order valence-corrected chi connectivity index (χ2v) is 7.56. The molecule has 1 N–H and O–H groups in total. The summed E-state index contributed by atoms with van der Waals surface area (Å²) in [6.07, 6.45) is 14.8. The number of benzene rings is 1. The van der Waals surface area contributed by atoms with E-state index in [1.807, 2.05) is 38.2 Å². The van der Waals surface area contributed by atoms with Crippen molar-refractivity contribution in [3.8, 4) is 11.5 Å². The van der Waals surface area contributed by atoms with Gasteiger partial charge in [-0.25, -0.2) is 0 Å². The normalized spacial score (nSPS) is 14.4. The molecule has 0 bridgehead atoms. The third-order valence-corrected chi connectivity index (χ3v) is 4.55. The predicted molar refractivity (Wildman–Crippen MR) is 123 cm³/mol. The third kappa shape index (κ3) is 7.34. The minimum atomic E-state index is 0.0738. The number of nitrogens with one attached hydrogen (secondary N) is 1. The highest BCUT2D eigenvalue weighted by Gasteiger charge is 2.12. The van der Waals surface area contributed by atoms with Crippen LogP contribution in [-0.4, -0.2) is 11.6 Å². The molecule has 3 heteroatoms. The molecule has 3 nitrogen and oxygen atoms in total. The summed E-state index contributed by atoms with van der Waals surface area (Å²) in [5.74, 6) is 1.58. The highest BCUT2D eigenvalue weighted by atomic mass is 16.5. The van der Waals surface area contributed by atoms with Crippen molar-refractivity contribution >= 4 is 0 Å². The number of rotatable bonds is 8. The van der Waals surface area contributed by atoms with Gasteiger partial charge in [-0.2, -0.15) is 0 Å².